The van der Waals surface area contributed by atoms with Gasteiger partial charge in [0, 0.05) is 10.7 Å². The first-order chi connectivity index (χ1) is 5.27. The van der Waals surface area contributed by atoms with Crippen molar-refractivity contribution in [3.63, 3.8) is 0 Å². The van der Waals surface area contributed by atoms with Crippen LogP contribution in [-0.4, -0.2) is 14.8 Å². The van der Waals surface area contributed by atoms with Gasteiger partial charge >= 0.3 is 0 Å². The minimum Gasteiger partial charge on any atom is -0.219 e. The monoisotopic (exact) mass is 211 g/mol. The molecule has 0 saturated heterocycles. The highest BCUT2D eigenvalue weighted by molar-refractivity contribution is 9.10. The van der Waals surface area contributed by atoms with E-state index in [9.17, 15) is 0 Å². The van der Waals surface area contributed by atoms with Crippen molar-refractivity contribution in [3.8, 4) is 0 Å². The molecule has 0 aromatic carbocycles. The number of hydrogen-bond acceptors (Lipinski definition) is 2. The van der Waals surface area contributed by atoms with Crippen LogP contribution >= 0.6 is 15.9 Å². The van der Waals surface area contributed by atoms with Crippen LogP contribution in [0.25, 0.3) is 5.52 Å². The lowest BCUT2D eigenvalue weighted by atomic mass is 10.3. The molecule has 3 nitrogen and oxygen atoms in total. The van der Waals surface area contributed by atoms with Crippen molar-refractivity contribution in [1.82, 2.24) is 14.8 Å². The second-order valence-corrected chi connectivity index (χ2v) is 3.32. The van der Waals surface area contributed by atoms with Gasteiger partial charge in [0.2, 0.25) is 0 Å². The quantitative estimate of drug-likeness (QED) is 0.666. The summed E-state index contributed by atoms with van der Waals surface area (Å²) < 4.78 is 2.77. The molecule has 0 aliphatic carbocycles. The molecule has 4 heteroatoms. The number of fused-ring (bicyclic) bond motifs is 1. The van der Waals surface area contributed by atoms with Gasteiger partial charge in [-0.1, -0.05) is 5.21 Å². The van der Waals surface area contributed by atoms with Crippen LogP contribution in [0.4, 0.5) is 0 Å². The van der Waals surface area contributed by atoms with Crippen LogP contribution in [-0.2, 0) is 0 Å². The molecule has 0 aliphatic heterocycles. The third-order valence-corrected chi connectivity index (χ3v) is 2.01. The Bertz CT molecular complexity index is 393. The van der Waals surface area contributed by atoms with Gasteiger partial charge in [-0.05, 0) is 34.5 Å². The van der Waals surface area contributed by atoms with E-state index < -0.39 is 0 Å². The smallest absolute Gasteiger partial charge is 0.0894 e. The third-order valence-electron chi connectivity index (χ3n) is 1.58. The Balaban J connectivity index is 2.91. The summed E-state index contributed by atoms with van der Waals surface area (Å²) in [5, 5.41) is 7.67. The lowest BCUT2D eigenvalue weighted by molar-refractivity contribution is 0.851. The predicted molar refractivity (Wildman–Crippen MR) is 45.4 cm³/mol. The summed E-state index contributed by atoms with van der Waals surface area (Å²) in [5.41, 5.74) is 2.22. The molecule has 0 amide bonds. The maximum absolute atomic E-state index is 3.88. The summed E-state index contributed by atoms with van der Waals surface area (Å²) >= 11 is 3.38. The van der Waals surface area contributed by atoms with E-state index >= 15 is 0 Å². The van der Waals surface area contributed by atoms with Crippen molar-refractivity contribution >= 4 is 21.4 Å². The molecule has 2 aromatic heterocycles. The predicted octanol–water partition coefficient (Wildman–Crippen LogP) is 1.80. The van der Waals surface area contributed by atoms with E-state index in [0.717, 1.165) is 9.99 Å². The molecular weight excluding hydrogens is 206 g/mol. The molecule has 56 valence electrons. The van der Waals surface area contributed by atoms with Gasteiger partial charge in [0.1, 0.15) is 0 Å². The van der Waals surface area contributed by atoms with Gasteiger partial charge < -0.3 is 0 Å². The molecule has 0 N–H and O–H groups in total. The third kappa shape index (κ3) is 1.03. The first kappa shape index (κ1) is 6.79. The average molecular weight is 212 g/mol. The van der Waals surface area contributed by atoms with Crippen molar-refractivity contribution in [2.75, 3.05) is 0 Å². The summed E-state index contributed by atoms with van der Waals surface area (Å²) in [7, 11) is 0. The average Bonchev–Trinajstić information content (AvgIpc) is 2.34. The second kappa shape index (κ2) is 2.30. The van der Waals surface area contributed by atoms with Gasteiger partial charge in [-0.25, -0.2) is 4.52 Å². The Labute approximate surface area is 72.2 Å². The molecule has 0 bridgehead atoms. The van der Waals surface area contributed by atoms with Gasteiger partial charge in [-0.2, -0.15) is 0 Å². The summed E-state index contributed by atoms with van der Waals surface area (Å²) in [6.45, 7) is 2.03. The molecule has 2 aromatic rings. The molecule has 0 saturated carbocycles. The van der Waals surface area contributed by atoms with Crippen LogP contribution in [0.2, 0.25) is 0 Å². The molecule has 2 heterocycles. The number of aryl methyl sites for hydroxylation is 1. The first-order valence-electron chi connectivity index (χ1n) is 3.23. The SMILES string of the molecule is Cc1cc(Br)cn2nncc12. The van der Waals surface area contributed by atoms with E-state index in [2.05, 4.69) is 26.2 Å². The van der Waals surface area contributed by atoms with Crippen LogP contribution in [0.1, 0.15) is 5.56 Å². The highest BCUT2D eigenvalue weighted by atomic mass is 79.9. The molecule has 0 fully saturated rings. The number of halogens is 1. The fourth-order valence-corrected chi connectivity index (χ4v) is 1.59. The van der Waals surface area contributed by atoms with Crippen LogP contribution in [0.3, 0.4) is 0 Å². The van der Waals surface area contributed by atoms with Gasteiger partial charge in [0.05, 0.1) is 11.7 Å². The summed E-state index contributed by atoms with van der Waals surface area (Å²) in [6.07, 6.45) is 3.64. The van der Waals surface area contributed by atoms with Crippen LogP contribution in [0.5, 0.6) is 0 Å². The van der Waals surface area contributed by atoms with Crippen LogP contribution in [0.15, 0.2) is 22.9 Å². The van der Waals surface area contributed by atoms with E-state index in [-0.39, 0.29) is 0 Å². The molecule has 0 radical (unpaired) electrons. The zero-order chi connectivity index (χ0) is 7.84. The summed E-state index contributed by atoms with van der Waals surface area (Å²) in [4.78, 5) is 0. The maximum Gasteiger partial charge on any atom is 0.0894 e. The number of aromatic nitrogens is 3. The topological polar surface area (TPSA) is 30.2 Å². The van der Waals surface area contributed by atoms with Crippen molar-refractivity contribution in [2.45, 2.75) is 6.92 Å². The Morgan fingerprint density at radius 3 is 3.18 bits per heavy atom. The molecule has 0 unspecified atom stereocenters. The lowest BCUT2D eigenvalue weighted by Gasteiger charge is -1.96. The Morgan fingerprint density at radius 2 is 2.36 bits per heavy atom. The maximum atomic E-state index is 3.88. The number of hydrogen-bond donors (Lipinski definition) is 0. The number of rotatable bonds is 0. The standard InChI is InChI=1S/C7H6BrN3/c1-5-2-6(8)4-11-7(5)3-9-10-11/h2-4H,1H3. The first-order valence-corrected chi connectivity index (χ1v) is 4.03. The molecular formula is C7H6BrN3. The van der Waals surface area contributed by atoms with Crippen LogP contribution in [0, 0.1) is 6.92 Å². The number of nitrogens with zero attached hydrogens (tertiary/aromatic N) is 3. The van der Waals surface area contributed by atoms with Gasteiger partial charge in [-0.3, -0.25) is 0 Å². The van der Waals surface area contributed by atoms with Gasteiger partial charge in [0.15, 0.2) is 0 Å². The zero-order valence-corrected chi connectivity index (χ0v) is 7.54. The fourth-order valence-electron chi connectivity index (χ4n) is 1.06. The molecule has 0 atom stereocenters. The van der Waals surface area contributed by atoms with Gasteiger partial charge in [-0.15, -0.1) is 5.10 Å². The van der Waals surface area contributed by atoms with E-state index in [1.54, 1.807) is 10.7 Å². The normalized spacial score (nSPS) is 10.7. The van der Waals surface area contributed by atoms with Crippen LogP contribution < -0.4 is 0 Å². The molecule has 2 rings (SSSR count). The second-order valence-electron chi connectivity index (χ2n) is 2.41. The zero-order valence-electron chi connectivity index (χ0n) is 5.95. The Hall–Kier alpha value is -0.900. The van der Waals surface area contributed by atoms with E-state index in [0.29, 0.717) is 0 Å². The Morgan fingerprint density at radius 1 is 1.55 bits per heavy atom. The van der Waals surface area contributed by atoms with Gasteiger partial charge in [0.25, 0.3) is 0 Å². The van der Waals surface area contributed by atoms with Crippen molar-refractivity contribution in [2.24, 2.45) is 0 Å². The highest BCUT2D eigenvalue weighted by Crippen LogP contribution is 2.14. The van der Waals surface area contributed by atoms with Crippen molar-refractivity contribution in [3.05, 3.63) is 28.5 Å². The molecule has 11 heavy (non-hydrogen) atoms. The van der Waals surface area contributed by atoms with E-state index in [1.165, 1.54) is 5.56 Å². The van der Waals surface area contributed by atoms with E-state index in [1.807, 2.05) is 19.2 Å². The fraction of sp³-hybridized carbons (Fsp3) is 0.143. The van der Waals surface area contributed by atoms with Crippen molar-refractivity contribution < 1.29 is 0 Å². The number of pyridine rings is 1. The lowest BCUT2D eigenvalue weighted by Crippen LogP contribution is -1.88. The minimum absolute atomic E-state index is 1.02. The summed E-state index contributed by atoms with van der Waals surface area (Å²) in [6, 6.07) is 2.04. The van der Waals surface area contributed by atoms with Crippen molar-refractivity contribution in [1.29, 1.82) is 0 Å². The Kier molecular flexibility index (Phi) is 1.42. The highest BCUT2D eigenvalue weighted by Gasteiger charge is 1.98. The minimum atomic E-state index is 1.02. The largest absolute Gasteiger partial charge is 0.219 e. The molecule has 0 spiro atoms. The molecule has 0 aliphatic rings. The van der Waals surface area contributed by atoms with E-state index in [4.69, 9.17) is 0 Å². The summed E-state index contributed by atoms with van der Waals surface area (Å²) in [5.74, 6) is 0.